The molecule has 2 rings (SSSR count). The van der Waals surface area contributed by atoms with Crippen molar-refractivity contribution in [2.45, 2.75) is 20.0 Å². The van der Waals surface area contributed by atoms with Crippen LogP contribution >= 0.6 is 24.0 Å². The van der Waals surface area contributed by atoms with Crippen molar-refractivity contribution < 1.29 is 18.6 Å². The zero-order valence-corrected chi connectivity index (χ0v) is 18.9. The summed E-state index contributed by atoms with van der Waals surface area (Å²) in [5, 5.41) is 6.46. The Bertz CT molecular complexity index is 770. The summed E-state index contributed by atoms with van der Waals surface area (Å²) in [6, 6.07) is 10.1. The zero-order chi connectivity index (χ0) is 19.6. The van der Waals surface area contributed by atoms with Crippen LogP contribution in [0.4, 0.5) is 4.39 Å². The smallest absolute Gasteiger partial charge is 0.203 e. The van der Waals surface area contributed by atoms with Gasteiger partial charge in [-0.05, 0) is 36.8 Å². The van der Waals surface area contributed by atoms with E-state index >= 15 is 0 Å². The maximum absolute atomic E-state index is 13.0. The highest BCUT2D eigenvalue weighted by molar-refractivity contribution is 14.0. The second-order valence-electron chi connectivity index (χ2n) is 5.67. The van der Waals surface area contributed by atoms with Crippen LogP contribution in [0.1, 0.15) is 18.1 Å². The lowest BCUT2D eigenvalue weighted by molar-refractivity contribution is 0.322. The first kappa shape index (κ1) is 23.8. The highest BCUT2D eigenvalue weighted by Crippen LogP contribution is 2.39. The Labute approximate surface area is 182 Å². The SMILES string of the molecule is CCNC(=NCc1ccc(F)cc1)NCc1ccc(OC)c(OC)c1OC.I. The van der Waals surface area contributed by atoms with Crippen LogP contribution in [-0.2, 0) is 13.1 Å². The number of ether oxygens (including phenoxy) is 3. The van der Waals surface area contributed by atoms with Gasteiger partial charge in [0.25, 0.3) is 0 Å². The molecular formula is C20H27FIN3O3. The summed E-state index contributed by atoms with van der Waals surface area (Å²) in [5.41, 5.74) is 1.83. The molecular weight excluding hydrogens is 476 g/mol. The van der Waals surface area contributed by atoms with Gasteiger partial charge in [0.2, 0.25) is 5.75 Å². The first-order chi connectivity index (χ1) is 13.1. The third kappa shape index (κ3) is 6.43. The number of nitrogens with one attached hydrogen (secondary N) is 2. The fourth-order valence-electron chi connectivity index (χ4n) is 2.58. The average molecular weight is 503 g/mol. The molecule has 0 fully saturated rings. The van der Waals surface area contributed by atoms with Crippen LogP contribution < -0.4 is 24.8 Å². The van der Waals surface area contributed by atoms with Gasteiger partial charge in [0.05, 0.1) is 27.9 Å². The number of methoxy groups -OCH3 is 3. The molecule has 0 saturated heterocycles. The summed E-state index contributed by atoms with van der Waals surface area (Å²) >= 11 is 0. The highest BCUT2D eigenvalue weighted by atomic mass is 127. The van der Waals surface area contributed by atoms with Crippen LogP contribution in [-0.4, -0.2) is 33.8 Å². The number of hydrogen-bond donors (Lipinski definition) is 2. The molecule has 0 radical (unpaired) electrons. The van der Waals surface area contributed by atoms with Crippen LogP contribution in [0.2, 0.25) is 0 Å². The predicted octanol–water partition coefficient (Wildman–Crippen LogP) is 3.72. The van der Waals surface area contributed by atoms with E-state index in [1.54, 1.807) is 33.5 Å². The molecule has 0 bridgehead atoms. The monoisotopic (exact) mass is 503 g/mol. The van der Waals surface area contributed by atoms with Crippen molar-refractivity contribution in [1.82, 2.24) is 10.6 Å². The molecule has 0 spiro atoms. The standard InChI is InChI=1S/C20H26FN3O3.HI/c1-5-22-20(23-12-14-6-9-16(21)10-7-14)24-13-15-8-11-17(25-2)19(27-4)18(15)26-3;/h6-11H,5,12-13H2,1-4H3,(H2,22,23,24);1H. The first-order valence-corrected chi connectivity index (χ1v) is 8.67. The van der Waals surface area contributed by atoms with E-state index in [1.165, 1.54) is 12.1 Å². The van der Waals surface area contributed by atoms with Crippen LogP contribution in [0.15, 0.2) is 41.4 Å². The molecule has 0 aliphatic rings. The van der Waals surface area contributed by atoms with Gasteiger partial charge in [0.15, 0.2) is 17.5 Å². The van der Waals surface area contributed by atoms with Gasteiger partial charge in [-0.15, -0.1) is 24.0 Å². The van der Waals surface area contributed by atoms with E-state index < -0.39 is 0 Å². The number of aliphatic imine (C=N–C) groups is 1. The molecule has 2 aromatic carbocycles. The summed E-state index contributed by atoms with van der Waals surface area (Å²) in [7, 11) is 4.75. The highest BCUT2D eigenvalue weighted by Gasteiger charge is 2.15. The maximum atomic E-state index is 13.0. The molecule has 0 unspecified atom stereocenters. The third-order valence-electron chi connectivity index (χ3n) is 3.91. The van der Waals surface area contributed by atoms with Gasteiger partial charge in [0, 0.05) is 18.7 Å². The Morgan fingerprint density at radius 3 is 2.18 bits per heavy atom. The van der Waals surface area contributed by atoms with Crippen molar-refractivity contribution in [3.05, 3.63) is 53.3 Å². The molecule has 6 nitrogen and oxygen atoms in total. The van der Waals surface area contributed by atoms with Crippen molar-refractivity contribution >= 4 is 29.9 Å². The minimum atomic E-state index is -0.256. The Balaban J connectivity index is 0.00000392. The van der Waals surface area contributed by atoms with E-state index in [9.17, 15) is 4.39 Å². The summed E-state index contributed by atoms with van der Waals surface area (Å²) < 4.78 is 29.2. The second-order valence-corrected chi connectivity index (χ2v) is 5.67. The van der Waals surface area contributed by atoms with E-state index in [-0.39, 0.29) is 29.8 Å². The van der Waals surface area contributed by atoms with Crippen LogP contribution in [0.25, 0.3) is 0 Å². The lowest BCUT2D eigenvalue weighted by atomic mass is 10.1. The van der Waals surface area contributed by atoms with Crippen molar-refractivity contribution in [2.24, 2.45) is 4.99 Å². The first-order valence-electron chi connectivity index (χ1n) is 8.67. The van der Waals surface area contributed by atoms with E-state index in [1.807, 2.05) is 19.1 Å². The molecule has 0 saturated carbocycles. The summed E-state index contributed by atoms with van der Waals surface area (Å²) in [4.78, 5) is 4.54. The Morgan fingerprint density at radius 2 is 1.61 bits per heavy atom. The number of benzene rings is 2. The summed E-state index contributed by atoms with van der Waals surface area (Å²) in [6.07, 6.45) is 0. The maximum Gasteiger partial charge on any atom is 0.203 e. The minimum absolute atomic E-state index is 0. The number of rotatable bonds is 8. The zero-order valence-electron chi connectivity index (χ0n) is 16.5. The lowest BCUT2D eigenvalue weighted by Crippen LogP contribution is -2.36. The molecule has 0 atom stereocenters. The number of hydrogen-bond acceptors (Lipinski definition) is 4. The Morgan fingerprint density at radius 1 is 0.929 bits per heavy atom. The number of nitrogens with zero attached hydrogens (tertiary/aromatic N) is 1. The molecule has 0 aliphatic heterocycles. The Hall–Kier alpha value is -2.23. The largest absolute Gasteiger partial charge is 0.493 e. The van der Waals surface area contributed by atoms with Gasteiger partial charge in [-0.3, -0.25) is 0 Å². The van der Waals surface area contributed by atoms with Crippen molar-refractivity contribution in [2.75, 3.05) is 27.9 Å². The molecule has 0 amide bonds. The van der Waals surface area contributed by atoms with Gasteiger partial charge in [0.1, 0.15) is 5.82 Å². The quantitative estimate of drug-likeness (QED) is 0.327. The van der Waals surface area contributed by atoms with Crippen LogP contribution in [0.3, 0.4) is 0 Å². The van der Waals surface area contributed by atoms with E-state index in [0.717, 1.165) is 17.7 Å². The van der Waals surface area contributed by atoms with Gasteiger partial charge in [-0.25, -0.2) is 9.38 Å². The third-order valence-corrected chi connectivity index (χ3v) is 3.91. The fraction of sp³-hybridized carbons (Fsp3) is 0.350. The topological polar surface area (TPSA) is 64.1 Å². The molecule has 8 heteroatoms. The summed E-state index contributed by atoms with van der Waals surface area (Å²) in [6.45, 7) is 3.64. The van der Waals surface area contributed by atoms with Gasteiger partial charge >= 0.3 is 0 Å². The van der Waals surface area contributed by atoms with Crippen molar-refractivity contribution in [3.8, 4) is 17.2 Å². The lowest BCUT2D eigenvalue weighted by Gasteiger charge is -2.17. The van der Waals surface area contributed by atoms with Gasteiger partial charge < -0.3 is 24.8 Å². The number of guanidine groups is 1. The summed E-state index contributed by atoms with van der Waals surface area (Å²) in [5.74, 6) is 2.16. The number of halogens is 2. The fourth-order valence-corrected chi connectivity index (χ4v) is 2.58. The molecule has 2 N–H and O–H groups in total. The molecule has 28 heavy (non-hydrogen) atoms. The minimum Gasteiger partial charge on any atom is -0.493 e. The van der Waals surface area contributed by atoms with Gasteiger partial charge in [-0.1, -0.05) is 12.1 Å². The normalized spacial score (nSPS) is 10.7. The van der Waals surface area contributed by atoms with Gasteiger partial charge in [-0.2, -0.15) is 0 Å². The Kier molecular flexibility index (Phi) is 10.4. The average Bonchev–Trinajstić information content (AvgIpc) is 2.70. The molecule has 154 valence electrons. The van der Waals surface area contributed by atoms with E-state index in [4.69, 9.17) is 14.2 Å². The van der Waals surface area contributed by atoms with Crippen LogP contribution in [0, 0.1) is 5.82 Å². The van der Waals surface area contributed by atoms with E-state index in [0.29, 0.717) is 36.3 Å². The predicted molar refractivity (Wildman–Crippen MR) is 120 cm³/mol. The van der Waals surface area contributed by atoms with Crippen LogP contribution in [0.5, 0.6) is 17.2 Å². The molecule has 0 aromatic heterocycles. The van der Waals surface area contributed by atoms with Crippen molar-refractivity contribution in [3.63, 3.8) is 0 Å². The van der Waals surface area contributed by atoms with Crippen molar-refractivity contribution in [1.29, 1.82) is 0 Å². The van der Waals surface area contributed by atoms with E-state index in [2.05, 4.69) is 15.6 Å². The molecule has 0 aliphatic carbocycles. The molecule has 2 aromatic rings. The second kappa shape index (κ2) is 12.3. The molecule has 0 heterocycles.